The smallest absolute Gasteiger partial charge is 0.285 e. The van der Waals surface area contributed by atoms with E-state index in [0.29, 0.717) is 23.2 Å². The van der Waals surface area contributed by atoms with E-state index in [-0.39, 0.29) is 15.6 Å². The van der Waals surface area contributed by atoms with Crippen molar-refractivity contribution in [3.05, 3.63) is 64.4 Å². The number of aromatic nitrogens is 2. The number of hydrogen-bond donors (Lipinski definition) is 2. The molecular weight excluding hydrogens is 426 g/mol. The van der Waals surface area contributed by atoms with Gasteiger partial charge in [0.05, 0.1) is 12.1 Å². The molecule has 2 N–H and O–H groups in total. The molecule has 3 rings (SSSR count). The maximum absolute atomic E-state index is 12.7. The van der Waals surface area contributed by atoms with Gasteiger partial charge in [-0.1, -0.05) is 43.6 Å². The summed E-state index contributed by atoms with van der Waals surface area (Å²) in [5.41, 5.74) is 2.37. The summed E-state index contributed by atoms with van der Waals surface area (Å²) in [4.78, 5) is 19.8. The molecular formula is C21H22ClN3O4S. The van der Waals surface area contributed by atoms with Crippen LogP contribution in [0.25, 0.3) is 11.4 Å². The summed E-state index contributed by atoms with van der Waals surface area (Å²) in [6, 6.07) is 11.9. The molecule has 1 aromatic heterocycles. The van der Waals surface area contributed by atoms with Gasteiger partial charge in [0.1, 0.15) is 16.5 Å². The predicted molar refractivity (Wildman–Crippen MR) is 116 cm³/mol. The van der Waals surface area contributed by atoms with Gasteiger partial charge in [0.2, 0.25) is 0 Å². The van der Waals surface area contributed by atoms with Gasteiger partial charge in [-0.25, -0.2) is 18.1 Å². The van der Waals surface area contributed by atoms with Gasteiger partial charge in [0.15, 0.2) is 5.69 Å². The summed E-state index contributed by atoms with van der Waals surface area (Å²) in [5.74, 6) is 0.267. The normalized spacial score (nSPS) is 11.5. The molecule has 0 saturated heterocycles. The monoisotopic (exact) mass is 447 g/mol. The van der Waals surface area contributed by atoms with Gasteiger partial charge < -0.3 is 9.72 Å². The summed E-state index contributed by atoms with van der Waals surface area (Å²) < 4.78 is 32.5. The molecule has 0 unspecified atom stereocenters. The zero-order valence-electron chi connectivity index (χ0n) is 17.0. The van der Waals surface area contributed by atoms with Gasteiger partial charge in [-0.3, -0.25) is 4.79 Å². The van der Waals surface area contributed by atoms with Crippen LogP contribution in [0.4, 0.5) is 0 Å². The number of aromatic amines is 1. The van der Waals surface area contributed by atoms with E-state index in [9.17, 15) is 13.2 Å². The summed E-state index contributed by atoms with van der Waals surface area (Å²) in [7, 11) is -2.82. The Morgan fingerprint density at radius 3 is 2.60 bits per heavy atom. The van der Waals surface area contributed by atoms with Crippen molar-refractivity contribution in [1.29, 1.82) is 0 Å². The number of ether oxygens (including phenoxy) is 1. The second-order valence-electron chi connectivity index (χ2n) is 7.07. The van der Waals surface area contributed by atoms with E-state index in [4.69, 9.17) is 16.3 Å². The number of methoxy groups -OCH3 is 1. The third-order valence-electron chi connectivity index (χ3n) is 4.58. The lowest BCUT2D eigenvalue weighted by molar-refractivity contribution is 0.0976. The number of nitrogens with one attached hydrogen (secondary N) is 2. The molecule has 3 aromatic rings. The minimum atomic E-state index is -4.23. The first-order chi connectivity index (χ1) is 14.1. The van der Waals surface area contributed by atoms with Crippen molar-refractivity contribution >= 4 is 27.5 Å². The molecule has 1 amide bonds. The zero-order chi connectivity index (χ0) is 22.1. The molecule has 30 heavy (non-hydrogen) atoms. The Morgan fingerprint density at radius 1 is 1.20 bits per heavy atom. The third kappa shape index (κ3) is 4.49. The molecule has 0 bridgehead atoms. The van der Waals surface area contributed by atoms with Crippen LogP contribution in [0.5, 0.6) is 5.75 Å². The first-order valence-electron chi connectivity index (χ1n) is 9.20. The van der Waals surface area contributed by atoms with Crippen LogP contribution in [0.3, 0.4) is 0 Å². The average molecular weight is 448 g/mol. The maximum Gasteiger partial charge on any atom is 0.285 e. The maximum atomic E-state index is 12.7. The lowest BCUT2D eigenvalue weighted by Crippen LogP contribution is -2.31. The minimum Gasteiger partial charge on any atom is -0.497 e. The number of sulfonamides is 1. The fourth-order valence-electron chi connectivity index (χ4n) is 2.91. The Morgan fingerprint density at radius 2 is 1.93 bits per heavy atom. The first kappa shape index (κ1) is 21.9. The number of carbonyl (C=O) groups is 1. The van der Waals surface area contributed by atoms with Crippen LogP contribution in [0.15, 0.2) is 47.4 Å². The number of amides is 1. The van der Waals surface area contributed by atoms with Crippen molar-refractivity contribution in [3.63, 3.8) is 0 Å². The van der Waals surface area contributed by atoms with Crippen molar-refractivity contribution < 1.29 is 17.9 Å². The second-order valence-corrected chi connectivity index (χ2v) is 9.13. The lowest BCUT2D eigenvalue weighted by atomic mass is 10.0. The Bertz CT molecular complexity index is 1200. The van der Waals surface area contributed by atoms with E-state index in [1.54, 1.807) is 6.92 Å². The van der Waals surface area contributed by atoms with Crippen LogP contribution in [0, 0.1) is 6.92 Å². The molecule has 0 radical (unpaired) electrons. The predicted octanol–water partition coefficient (Wildman–Crippen LogP) is 4.29. The number of imidazole rings is 1. The number of rotatable bonds is 6. The summed E-state index contributed by atoms with van der Waals surface area (Å²) in [6.07, 6.45) is 0. The van der Waals surface area contributed by atoms with Gasteiger partial charge >= 0.3 is 0 Å². The molecule has 2 aromatic carbocycles. The molecule has 0 spiro atoms. The standard InChI is InChI=1S/C21H22ClN3O4S/c1-12(2)14-6-5-7-15(10-14)20-23-13(3)19(24-20)21(26)25-30(27,28)18-11-16(29-4)8-9-17(18)22/h5-12H,1-4H3,(H,23,24)(H,25,26). The van der Waals surface area contributed by atoms with E-state index >= 15 is 0 Å². The summed E-state index contributed by atoms with van der Waals surface area (Å²) in [6.45, 7) is 5.82. The van der Waals surface area contributed by atoms with Crippen LogP contribution >= 0.6 is 11.6 Å². The Hall–Kier alpha value is -2.84. The lowest BCUT2D eigenvalue weighted by Gasteiger charge is -2.09. The summed E-state index contributed by atoms with van der Waals surface area (Å²) >= 11 is 6.02. The number of hydrogen-bond acceptors (Lipinski definition) is 5. The Balaban J connectivity index is 1.91. The zero-order valence-corrected chi connectivity index (χ0v) is 18.6. The Labute approximate surface area is 180 Å². The molecule has 0 saturated carbocycles. The SMILES string of the molecule is COc1ccc(Cl)c(S(=O)(=O)NC(=O)c2nc(-c3cccc(C(C)C)c3)[nH]c2C)c1. The fourth-order valence-corrected chi connectivity index (χ4v) is 4.37. The van der Waals surface area contributed by atoms with Gasteiger partial charge in [-0.2, -0.15) is 0 Å². The van der Waals surface area contributed by atoms with E-state index in [1.807, 2.05) is 29.0 Å². The molecule has 158 valence electrons. The van der Waals surface area contributed by atoms with Crippen LogP contribution in [-0.2, 0) is 10.0 Å². The van der Waals surface area contributed by atoms with Crippen molar-refractivity contribution in [3.8, 4) is 17.1 Å². The highest BCUT2D eigenvalue weighted by molar-refractivity contribution is 7.90. The molecule has 0 aliphatic heterocycles. The van der Waals surface area contributed by atoms with E-state index in [0.717, 1.165) is 11.1 Å². The topological polar surface area (TPSA) is 101 Å². The quantitative estimate of drug-likeness (QED) is 0.587. The first-order valence-corrected chi connectivity index (χ1v) is 11.1. The van der Waals surface area contributed by atoms with Crippen molar-refractivity contribution in [2.24, 2.45) is 0 Å². The molecule has 9 heteroatoms. The fraction of sp³-hybridized carbons (Fsp3) is 0.238. The molecule has 7 nitrogen and oxygen atoms in total. The Kier molecular flexibility index (Phi) is 6.19. The highest BCUT2D eigenvalue weighted by Crippen LogP contribution is 2.27. The van der Waals surface area contributed by atoms with Crippen LogP contribution in [0.2, 0.25) is 5.02 Å². The van der Waals surface area contributed by atoms with Crippen LogP contribution < -0.4 is 9.46 Å². The number of nitrogens with zero attached hydrogens (tertiary/aromatic N) is 1. The molecule has 0 aliphatic carbocycles. The van der Waals surface area contributed by atoms with E-state index in [2.05, 4.69) is 23.8 Å². The van der Waals surface area contributed by atoms with Crippen molar-refractivity contribution in [2.45, 2.75) is 31.6 Å². The highest BCUT2D eigenvalue weighted by atomic mass is 35.5. The molecule has 1 heterocycles. The minimum absolute atomic E-state index is 0.0115. The number of H-pyrrole nitrogens is 1. The highest BCUT2D eigenvalue weighted by Gasteiger charge is 2.25. The van der Waals surface area contributed by atoms with Gasteiger partial charge in [0.25, 0.3) is 15.9 Å². The summed E-state index contributed by atoms with van der Waals surface area (Å²) in [5, 5.41) is -0.0268. The number of carbonyl (C=O) groups excluding carboxylic acids is 1. The second kappa shape index (κ2) is 8.49. The number of halogens is 1. The van der Waals surface area contributed by atoms with Gasteiger partial charge in [-0.05, 0) is 36.6 Å². The van der Waals surface area contributed by atoms with Crippen LogP contribution in [-0.4, -0.2) is 31.4 Å². The van der Waals surface area contributed by atoms with E-state index in [1.165, 1.54) is 25.3 Å². The van der Waals surface area contributed by atoms with E-state index < -0.39 is 15.9 Å². The van der Waals surface area contributed by atoms with Crippen molar-refractivity contribution in [2.75, 3.05) is 7.11 Å². The van der Waals surface area contributed by atoms with Gasteiger partial charge in [-0.15, -0.1) is 0 Å². The molecule has 0 atom stereocenters. The third-order valence-corrected chi connectivity index (χ3v) is 6.39. The van der Waals surface area contributed by atoms with Crippen molar-refractivity contribution in [1.82, 2.24) is 14.7 Å². The molecule has 0 aliphatic rings. The van der Waals surface area contributed by atoms with Crippen LogP contribution in [0.1, 0.15) is 41.5 Å². The number of aryl methyl sites for hydroxylation is 1. The number of benzene rings is 2. The largest absolute Gasteiger partial charge is 0.497 e. The molecule has 0 fully saturated rings. The average Bonchev–Trinajstić information content (AvgIpc) is 3.10. The van der Waals surface area contributed by atoms with Gasteiger partial charge in [0, 0.05) is 17.3 Å².